The van der Waals surface area contributed by atoms with Crippen molar-refractivity contribution in [3.8, 4) is 5.75 Å². The van der Waals surface area contributed by atoms with E-state index in [-0.39, 0.29) is 12.3 Å². The largest absolute Gasteiger partial charge is 0.496 e. The summed E-state index contributed by atoms with van der Waals surface area (Å²) in [5.41, 5.74) is 0. The van der Waals surface area contributed by atoms with Crippen molar-refractivity contribution in [3.63, 3.8) is 0 Å². The quantitative estimate of drug-likeness (QED) is 0.651. The number of ether oxygens (including phenoxy) is 1. The second-order valence-electron chi connectivity index (χ2n) is 4.52. The minimum absolute atomic E-state index is 0.0656. The highest BCUT2D eigenvalue weighted by Gasteiger charge is 2.08. The van der Waals surface area contributed by atoms with Crippen molar-refractivity contribution in [2.45, 2.75) is 38.5 Å². The molecule has 0 aliphatic carbocycles. The van der Waals surface area contributed by atoms with Gasteiger partial charge >= 0.3 is 5.97 Å². The van der Waals surface area contributed by atoms with E-state index in [9.17, 15) is 9.59 Å². The zero-order valence-corrected chi connectivity index (χ0v) is 12.5. The fourth-order valence-corrected chi connectivity index (χ4v) is 2.54. The second kappa shape index (κ2) is 9.36. The molecule has 0 bridgehead atoms. The van der Waals surface area contributed by atoms with E-state index in [2.05, 4.69) is 5.32 Å². The third-order valence-electron chi connectivity index (χ3n) is 2.89. The predicted octanol–water partition coefficient (Wildman–Crippen LogP) is 2.91. The predicted molar refractivity (Wildman–Crippen MR) is 78.5 cm³/mol. The maximum atomic E-state index is 11.8. The number of rotatable bonds is 10. The summed E-state index contributed by atoms with van der Waals surface area (Å²) in [6.07, 6.45) is 4.85. The molecule has 20 heavy (non-hydrogen) atoms. The molecule has 0 fully saturated rings. The summed E-state index contributed by atoms with van der Waals surface area (Å²) in [5, 5.41) is 13.2. The van der Waals surface area contributed by atoms with Crippen LogP contribution in [0.3, 0.4) is 0 Å². The lowest BCUT2D eigenvalue weighted by molar-refractivity contribution is -0.137. The van der Waals surface area contributed by atoms with Crippen LogP contribution in [0, 0.1) is 0 Å². The zero-order chi connectivity index (χ0) is 14.8. The Kier molecular flexibility index (Phi) is 7.72. The Bertz CT molecular complexity index is 431. The molecule has 0 saturated carbocycles. The van der Waals surface area contributed by atoms with Gasteiger partial charge in [0.05, 0.1) is 12.0 Å². The van der Waals surface area contributed by atoms with Gasteiger partial charge in [-0.25, -0.2) is 0 Å². The number of methoxy groups -OCH3 is 1. The normalized spacial score (nSPS) is 10.2. The molecule has 0 atom stereocenters. The number of nitrogens with one attached hydrogen (secondary N) is 1. The Hall–Kier alpha value is -1.56. The zero-order valence-electron chi connectivity index (χ0n) is 11.7. The van der Waals surface area contributed by atoms with Crippen molar-refractivity contribution in [2.75, 3.05) is 13.7 Å². The van der Waals surface area contributed by atoms with Gasteiger partial charge < -0.3 is 15.2 Å². The molecule has 0 aromatic carbocycles. The first-order chi connectivity index (χ1) is 9.63. The van der Waals surface area contributed by atoms with E-state index in [0.717, 1.165) is 32.1 Å². The lowest BCUT2D eigenvalue weighted by atomic mass is 10.1. The Balaban J connectivity index is 2.03. The maximum absolute atomic E-state index is 11.8. The van der Waals surface area contributed by atoms with Crippen LogP contribution >= 0.6 is 11.3 Å². The summed E-state index contributed by atoms with van der Waals surface area (Å²) in [6.45, 7) is 0.651. The molecule has 1 rings (SSSR count). The number of hydrogen-bond acceptors (Lipinski definition) is 4. The molecule has 1 amide bonds. The number of thiophene rings is 1. The second-order valence-corrected chi connectivity index (χ2v) is 5.43. The van der Waals surface area contributed by atoms with E-state index in [0.29, 0.717) is 17.2 Å². The molecular weight excluding hydrogens is 278 g/mol. The van der Waals surface area contributed by atoms with Crippen molar-refractivity contribution in [1.29, 1.82) is 0 Å². The first-order valence-electron chi connectivity index (χ1n) is 6.76. The molecule has 2 N–H and O–H groups in total. The molecule has 0 radical (unpaired) electrons. The fraction of sp³-hybridized carbons (Fsp3) is 0.571. The number of aliphatic carboxylic acids is 1. The fourth-order valence-electron chi connectivity index (χ4n) is 1.77. The number of carboxylic acids is 1. The van der Waals surface area contributed by atoms with E-state index < -0.39 is 5.97 Å². The Morgan fingerprint density at radius 2 is 1.95 bits per heavy atom. The molecule has 0 spiro atoms. The van der Waals surface area contributed by atoms with Crippen LogP contribution in [-0.4, -0.2) is 30.6 Å². The van der Waals surface area contributed by atoms with Gasteiger partial charge in [0.2, 0.25) is 0 Å². The highest BCUT2D eigenvalue weighted by molar-refractivity contribution is 7.12. The summed E-state index contributed by atoms with van der Waals surface area (Å²) < 4.78 is 5.03. The van der Waals surface area contributed by atoms with Gasteiger partial charge in [-0.05, 0) is 12.8 Å². The molecule has 1 heterocycles. The molecule has 112 valence electrons. The Morgan fingerprint density at radius 1 is 1.25 bits per heavy atom. The standard InChI is InChI=1S/C14H21NO4S/c1-19-11-9-12(20-10-11)14(18)15-8-6-4-2-3-5-7-13(16)17/h9-10H,2-8H2,1H3,(H,15,18)(H,16,17). The first-order valence-corrected chi connectivity index (χ1v) is 7.64. The van der Waals surface area contributed by atoms with E-state index in [1.165, 1.54) is 11.3 Å². The summed E-state index contributed by atoms with van der Waals surface area (Å²) in [4.78, 5) is 22.7. The molecular formula is C14H21NO4S. The van der Waals surface area contributed by atoms with Gasteiger partial charge in [0, 0.05) is 24.4 Å². The van der Waals surface area contributed by atoms with Gasteiger partial charge in [0.25, 0.3) is 5.91 Å². The van der Waals surface area contributed by atoms with Gasteiger partial charge in [0.1, 0.15) is 5.75 Å². The Morgan fingerprint density at radius 3 is 2.60 bits per heavy atom. The average Bonchev–Trinajstić information content (AvgIpc) is 2.90. The third kappa shape index (κ3) is 6.56. The van der Waals surface area contributed by atoms with Crippen molar-refractivity contribution < 1.29 is 19.4 Å². The number of carbonyl (C=O) groups excluding carboxylic acids is 1. The highest BCUT2D eigenvalue weighted by atomic mass is 32.1. The van der Waals surface area contributed by atoms with Crippen LogP contribution in [0.1, 0.15) is 48.2 Å². The topological polar surface area (TPSA) is 75.6 Å². The molecule has 6 heteroatoms. The van der Waals surface area contributed by atoms with Gasteiger partial charge in [-0.3, -0.25) is 9.59 Å². The van der Waals surface area contributed by atoms with Crippen molar-refractivity contribution in [1.82, 2.24) is 5.32 Å². The average molecular weight is 299 g/mol. The summed E-state index contributed by atoms with van der Waals surface area (Å²) in [7, 11) is 1.58. The molecule has 0 aliphatic heterocycles. The number of amides is 1. The van der Waals surface area contributed by atoms with Gasteiger partial charge in [-0.15, -0.1) is 11.3 Å². The molecule has 0 saturated heterocycles. The highest BCUT2D eigenvalue weighted by Crippen LogP contribution is 2.20. The van der Waals surface area contributed by atoms with Crippen molar-refractivity contribution in [2.24, 2.45) is 0 Å². The third-order valence-corrected chi connectivity index (χ3v) is 3.80. The maximum Gasteiger partial charge on any atom is 0.303 e. The molecule has 0 aliphatic rings. The SMILES string of the molecule is COc1csc(C(=O)NCCCCCCCC(=O)O)c1. The monoisotopic (exact) mass is 299 g/mol. The number of hydrogen-bond donors (Lipinski definition) is 2. The van der Waals surface area contributed by atoms with E-state index in [1.807, 2.05) is 0 Å². The van der Waals surface area contributed by atoms with Crippen molar-refractivity contribution >= 4 is 23.2 Å². The Labute approximate surface area is 123 Å². The molecule has 0 unspecified atom stereocenters. The van der Waals surface area contributed by atoms with Crippen LogP contribution < -0.4 is 10.1 Å². The van der Waals surface area contributed by atoms with E-state index >= 15 is 0 Å². The van der Waals surface area contributed by atoms with Crippen LogP contribution in [-0.2, 0) is 4.79 Å². The lowest BCUT2D eigenvalue weighted by Crippen LogP contribution is -2.23. The number of carboxylic acid groups (broad SMARTS) is 1. The minimum atomic E-state index is -0.733. The summed E-state index contributed by atoms with van der Waals surface area (Å²) in [5.74, 6) is -0.0913. The van der Waals surface area contributed by atoms with E-state index in [4.69, 9.17) is 9.84 Å². The number of unbranched alkanes of at least 4 members (excludes halogenated alkanes) is 4. The number of carbonyl (C=O) groups is 2. The van der Waals surface area contributed by atoms with Crippen LogP contribution in [0.4, 0.5) is 0 Å². The smallest absolute Gasteiger partial charge is 0.303 e. The van der Waals surface area contributed by atoms with Crippen LogP contribution in [0.2, 0.25) is 0 Å². The molecule has 5 nitrogen and oxygen atoms in total. The van der Waals surface area contributed by atoms with Crippen molar-refractivity contribution in [3.05, 3.63) is 16.3 Å². The minimum Gasteiger partial charge on any atom is -0.496 e. The first kappa shape index (κ1) is 16.5. The van der Waals surface area contributed by atoms with Gasteiger partial charge in [-0.2, -0.15) is 0 Å². The van der Waals surface area contributed by atoms with Crippen LogP contribution in [0.5, 0.6) is 5.75 Å². The molecule has 1 aromatic rings. The summed E-state index contributed by atoms with van der Waals surface area (Å²) >= 11 is 1.37. The van der Waals surface area contributed by atoms with Gasteiger partial charge in [-0.1, -0.05) is 19.3 Å². The van der Waals surface area contributed by atoms with E-state index in [1.54, 1.807) is 18.6 Å². The molecule has 1 aromatic heterocycles. The van der Waals surface area contributed by atoms with Crippen LogP contribution in [0.25, 0.3) is 0 Å². The lowest BCUT2D eigenvalue weighted by Gasteiger charge is -2.03. The van der Waals surface area contributed by atoms with Gasteiger partial charge in [0.15, 0.2) is 0 Å². The van der Waals surface area contributed by atoms with Crippen LogP contribution in [0.15, 0.2) is 11.4 Å². The summed E-state index contributed by atoms with van der Waals surface area (Å²) in [6, 6.07) is 1.73.